The molecule has 0 radical (unpaired) electrons. The lowest BCUT2D eigenvalue weighted by Gasteiger charge is -2.42. The first-order chi connectivity index (χ1) is 14.8. The number of ether oxygens (including phenoxy) is 3. The molecule has 3 fully saturated rings. The van der Waals surface area contributed by atoms with E-state index in [1.807, 2.05) is 0 Å². The van der Waals surface area contributed by atoms with Gasteiger partial charge in [-0.2, -0.15) is 0 Å². The van der Waals surface area contributed by atoms with Gasteiger partial charge in [-0.15, -0.1) is 0 Å². The maximum atomic E-state index is 12.5. The van der Waals surface area contributed by atoms with Crippen LogP contribution in [0, 0.1) is 0 Å². The Labute approximate surface area is 179 Å². The van der Waals surface area contributed by atoms with Gasteiger partial charge in [0.25, 0.3) is 0 Å². The zero-order valence-electron chi connectivity index (χ0n) is 17.8. The molecule has 5 aliphatic rings. The number of hydrogen-bond acceptors (Lipinski definition) is 5. The third-order valence-electron chi connectivity index (χ3n) is 7.38. The zero-order valence-corrected chi connectivity index (χ0v) is 17.8. The van der Waals surface area contributed by atoms with Gasteiger partial charge in [-0.1, -0.05) is 18.2 Å². The normalized spacial score (nSPS) is 34.7. The van der Waals surface area contributed by atoms with E-state index in [9.17, 15) is 4.79 Å². The van der Waals surface area contributed by atoms with Gasteiger partial charge in [0.1, 0.15) is 18.5 Å². The Morgan fingerprint density at radius 1 is 0.967 bits per heavy atom. The molecule has 1 aliphatic carbocycles. The van der Waals surface area contributed by atoms with E-state index in [4.69, 9.17) is 14.2 Å². The lowest BCUT2D eigenvalue weighted by Crippen LogP contribution is -2.60. The van der Waals surface area contributed by atoms with E-state index in [0.717, 1.165) is 63.8 Å². The molecule has 1 amide bonds. The summed E-state index contributed by atoms with van der Waals surface area (Å²) in [7, 11) is 0. The highest BCUT2D eigenvalue weighted by Crippen LogP contribution is 2.38. The quantitative estimate of drug-likeness (QED) is 0.806. The second-order valence-corrected chi connectivity index (χ2v) is 9.20. The number of hydrogen-bond donors (Lipinski definition) is 1. The van der Waals surface area contributed by atoms with Crippen molar-refractivity contribution in [3.8, 4) is 5.75 Å². The Bertz CT molecular complexity index is 730. The van der Waals surface area contributed by atoms with Gasteiger partial charge in [0.15, 0.2) is 0 Å². The van der Waals surface area contributed by atoms with Crippen LogP contribution >= 0.6 is 0 Å². The molecule has 164 valence electrons. The van der Waals surface area contributed by atoms with Crippen molar-refractivity contribution in [1.82, 2.24) is 10.2 Å². The fraction of sp³-hybridized carbons (Fsp3) is 0.708. The largest absolute Gasteiger partial charge is 0.492 e. The molecule has 1 aromatic carbocycles. The molecule has 30 heavy (non-hydrogen) atoms. The van der Waals surface area contributed by atoms with Gasteiger partial charge >= 0.3 is 0 Å². The first-order valence-corrected chi connectivity index (χ1v) is 11.8. The standard InChI is InChI=1S/C24H34N2O4/c27-24(23-11-14-28-23)25-20-5-3-12-26-13-15-29-22-6-2-1-4-19(22)17-7-9-18(10-8-17)30-16-21(20)26/h1-2,4,6,17-18,20-21,23H,3,5,7-16H2,(H,25,27)/t17?,18?,20-,21-,23+/m0/s1. The van der Waals surface area contributed by atoms with E-state index in [-0.39, 0.29) is 24.1 Å². The molecule has 0 aromatic heterocycles. The fourth-order valence-electron chi connectivity index (χ4n) is 5.51. The summed E-state index contributed by atoms with van der Waals surface area (Å²) in [5, 5.41) is 3.28. The van der Waals surface area contributed by atoms with Crippen LogP contribution < -0.4 is 10.1 Å². The van der Waals surface area contributed by atoms with E-state index >= 15 is 0 Å². The average Bonchev–Trinajstić information content (AvgIpc) is 2.74. The molecule has 6 nitrogen and oxygen atoms in total. The van der Waals surface area contributed by atoms with Gasteiger partial charge in [-0.05, 0) is 62.6 Å². The van der Waals surface area contributed by atoms with Crippen LogP contribution in [0.3, 0.4) is 0 Å². The van der Waals surface area contributed by atoms with Crippen molar-refractivity contribution in [1.29, 1.82) is 0 Å². The predicted molar refractivity (Wildman–Crippen MR) is 114 cm³/mol. The van der Waals surface area contributed by atoms with Crippen molar-refractivity contribution >= 4 is 5.91 Å². The summed E-state index contributed by atoms with van der Waals surface area (Å²) in [5.41, 5.74) is 1.36. The highest BCUT2D eigenvalue weighted by Gasteiger charge is 2.36. The number of para-hydroxylation sites is 1. The first-order valence-electron chi connectivity index (χ1n) is 11.8. The van der Waals surface area contributed by atoms with Crippen molar-refractivity contribution in [2.24, 2.45) is 0 Å². The molecule has 4 aliphatic heterocycles. The third kappa shape index (κ3) is 4.36. The molecule has 1 saturated carbocycles. The Balaban J connectivity index is 1.32. The maximum absolute atomic E-state index is 12.5. The molecule has 6 rings (SSSR count). The second kappa shape index (κ2) is 9.25. The van der Waals surface area contributed by atoms with Crippen LogP contribution in [0.15, 0.2) is 24.3 Å². The van der Waals surface area contributed by atoms with E-state index in [0.29, 0.717) is 31.8 Å². The molecule has 0 unspecified atom stereocenters. The second-order valence-electron chi connectivity index (χ2n) is 9.20. The summed E-state index contributed by atoms with van der Waals surface area (Å²) < 4.78 is 18.1. The molecule has 3 atom stereocenters. The molecule has 2 saturated heterocycles. The Morgan fingerprint density at radius 3 is 2.60 bits per heavy atom. The summed E-state index contributed by atoms with van der Waals surface area (Å²) in [6.07, 6.45) is 7.47. The molecule has 4 heterocycles. The average molecular weight is 415 g/mol. The number of nitrogens with one attached hydrogen (secondary N) is 1. The van der Waals surface area contributed by atoms with Crippen LogP contribution in [-0.4, -0.2) is 68.0 Å². The summed E-state index contributed by atoms with van der Waals surface area (Å²) in [6, 6.07) is 8.86. The number of carbonyl (C=O) groups excluding carboxylic acids is 1. The number of carbonyl (C=O) groups is 1. The van der Waals surface area contributed by atoms with Crippen LogP contribution in [0.1, 0.15) is 56.4 Å². The van der Waals surface area contributed by atoms with Gasteiger partial charge in [0.05, 0.1) is 25.4 Å². The fourth-order valence-corrected chi connectivity index (χ4v) is 5.51. The maximum Gasteiger partial charge on any atom is 0.249 e. The van der Waals surface area contributed by atoms with Gasteiger partial charge < -0.3 is 19.5 Å². The number of nitrogens with zero attached hydrogens (tertiary/aromatic N) is 1. The minimum Gasteiger partial charge on any atom is -0.492 e. The number of amides is 1. The van der Waals surface area contributed by atoms with Crippen molar-refractivity contribution < 1.29 is 19.0 Å². The van der Waals surface area contributed by atoms with Gasteiger partial charge in [-0.3, -0.25) is 9.69 Å². The third-order valence-corrected chi connectivity index (χ3v) is 7.38. The van der Waals surface area contributed by atoms with E-state index in [1.54, 1.807) is 0 Å². The number of benzene rings is 1. The van der Waals surface area contributed by atoms with E-state index in [1.165, 1.54) is 5.56 Å². The van der Waals surface area contributed by atoms with Crippen LogP contribution in [0.2, 0.25) is 0 Å². The van der Waals surface area contributed by atoms with Crippen molar-refractivity contribution in [3.05, 3.63) is 29.8 Å². The topological polar surface area (TPSA) is 60.0 Å². The SMILES string of the molecule is O=C(N[C@H]1CCCN2CCOc3ccccc3C3CCC(CC3)OC[C@@H]12)[C@H]1CCO1. The van der Waals surface area contributed by atoms with Gasteiger partial charge in [-0.25, -0.2) is 0 Å². The van der Waals surface area contributed by atoms with Crippen LogP contribution in [-0.2, 0) is 14.3 Å². The minimum atomic E-state index is -0.258. The summed E-state index contributed by atoms with van der Waals surface area (Å²) in [6.45, 7) is 3.92. The van der Waals surface area contributed by atoms with Crippen molar-refractivity contribution in [2.75, 3.05) is 32.9 Å². The van der Waals surface area contributed by atoms with Crippen LogP contribution in [0.25, 0.3) is 0 Å². The van der Waals surface area contributed by atoms with E-state index in [2.05, 4.69) is 34.5 Å². The zero-order chi connectivity index (χ0) is 20.3. The van der Waals surface area contributed by atoms with Gasteiger partial charge in [0, 0.05) is 19.0 Å². The summed E-state index contributed by atoms with van der Waals surface area (Å²) in [5.74, 6) is 1.65. The molecule has 1 aromatic rings. The number of rotatable bonds is 2. The van der Waals surface area contributed by atoms with Crippen molar-refractivity contribution in [2.45, 2.75) is 75.2 Å². The van der Waals surface area contributed by atoms with Crippen molar-refractivity contribution in [3.63, 3.8) is 0 Å². The lowest BCUT2D eigenvalue weighted by atomic mass is 9.82. The first kappa shape index (κ1) is 20.3. The highest BCUT2D eigenvalue weighted by molar-refractivity contribution is 5.81. The van der Waals surface area contributed by atoms with Crippen LogP contribution in [0.4, 0.5) is 0 Å². The molecule has 2 bridgehead atoms. The van der Waals surface area contributed by atoms with Crippen LogP contribution in [0.5, 0.6) is 5.75 Å². The molecular formula is C24H34N2O4. The lowest BCUT2D eigenvalue weighted by molar-refractivity contribution is -0.147. The Kier molecular flexibility index (Phi) is 6.25. The summed E-state index contributed by atoms with van der Waals surface area (Å²) in [4.78, 5) is 15.0. The molecule has 1 N–H and O–H groups in total. The molecule has 6 heteroatoms. The number of piperidine rings is 1. The minimum absolute atomic E-state index is 0.0432. The number of fused-ring (bicyclic) bond motifs is 5. The predicted octanol–water partition coefficient (Wildman–Crippen LogP) is 2.86. The van der Waals surface area contributed by atoms with E-state index < -0.39 is 0 Å². The Hall–Kier alpha value is -1.63. The van der Waals surface area contributed by atoms with Gasteiger partial charge in [0.2, 0.25) is 5.91 Å². The monoisotopic (exact) mass is 414 g/mol. The highest BCUT2D eigenvalue weighted by atomic mass is 16.5. The molecule has 0 spiro atoms. The summed E-state index contributed by atoms with van der Waals surface area (Å²) >= 11 is 0. The molecular weight excluding hydrogens is 380 g/mol. The Morgan fingerprint density at radius 2 is 1.80 bits per heavy atom. The smallest absolute Gasteiger partial charge is 0.249 e.